The predicted molar refractivity (Wildman–Crippen MR) is 96.6 cm³/mol. The Morgan fingerprint density at radius 1 is 1.20 bits per heavy atom. The Hall–Kier alpha value is -2.25. The van der Waals surface area contributed by atoms with Gasteiger partial charge in [-0.1, -0.05) is 30.2 Å². The number of aromatic nitrogens is 5. The van der Waals surface area contributed by atoms with Gasteiger partial charge in [-0.05, 0) is 59.6 Å². The predicted octanol–water partition coefficient (Wildman–Crippen LogP) is 2.64. The molecule has 4 rings (SSSR count). The van der Waals surface area contributed by atoms with Crippen molar-refractivity contribution in [2.45, 2.75) is 31.8 Å². The fourth-order valence-corrected chi connectivity index (χ4v) is 3.55. The molecule has 1 aliphatic heterocycles. The number of tetrazole rings is 1. The number of anilines is 1. The monoisotopic (exact) mass is 357 g/mol. The van der Waals surface area contributed by atoms with E-state index in [9.17, 15) is 0 Å². The standard InChI is InChI=1S/C17H20ClN7/c18-14-5-3-4-13(10-14)12-24-9-2-1-6-15(24)11-19-16-7-8-17-20-22-23-25(17)21-16/h3-5,7-8,10,15H,1-2,6,9,11-12H2,(H,19,21). The average Bonchev–Trinajstić information content (AvgIpc) is 3.09. The summed E-state index contributed by atoms with van der Waals surface area (Å²) < 4.78 is 1.44. The molecule has 130 valence electrons. The highest BCUT2D eigenvalue weighted by molar-refractivity contribution is 6.30. The summed E-state index contributed by atoms with van der Waals surface area (Å²) >= 11 is 6.12. The first-order chi connectivity index (χ1) is 12.3. The number of hydrogen-bond donors (Lipinski definition) is 1. The van der Waals surface area contributed by atoms with E-state index >= 15 is 0 Å². The van der Waals surface area contributed by atoms with Crippen LogP contribution in [0.15, 0.2) is 36.4 Å². The van der Waals surface area contributed by atoms with E-state index in [1.807, 2.05) is 30.3 Å². The van der Waals surface area contributed by atoms with Crippen molar-refractivity contribution in [2.24, 2.45) is 0 Å². The molecule has 0 spiro atoms. The maximum Gasteiger partial charge on any atom is 0.200 e. The van der Waals surface area contributed by atoms with E-state index in [2.05, 4.69) is 36.9 Å². The van der Waals surface area contributed by atoms with Crippen molar-refractivity contribution in [1.29, 1.82) is 0 Å². The molecule has 1 atom stereocenters. The van der Waals surface area contributed by atoms with E-state index < -0.39 is 0 Å². The van der Waals surface area contributed by atoms with Gasteiger partial charge in [0, 0.05) is 24.2 Å². The van der Waals surface area contributed by atoms with Gasteiger partial charge in [0.05, 0.1) is 0 Å². The lowest BCUT2D eigenvalue weighted by molar-refractivity contribution is 0.148. The van der Waals surface area contributed by atoms with Crippen molar-refractivity contribution in [1.82, 2.24) is 30.2 Å². The average molecular weight is 358 g/mol. The Labute approximate surface area is 151 Å². The smallest absolute Gasteiger partial charge is 0.200 e. The van der Waals surface area contributed by atoms with E-state index in [-0.39, 0.29) is 0 Å². The van der Waals surface area contributed by atoms with Crippen LogP contribution >= 0.6 is 11.6 Å². The second-order valence-electron chi connectivity index (χ2n) is 6.38. The number of nitrogens with one attached hydrogen (secondary N) is 1. The SMILES string of the molecule is Clc1cccc(CN2CCCCC2CNc2ccc3nnnn3n2)c1. The van der Waals surface area contributed by atoms with E-state index in [1.54, 1.807) is 0 Å². The van der Waals surface area contributed by atoms with Crippen LogP contribution < -0.4 is 5.32 Å². The molecule has 1 unspecified atom stereocenters. The number of nitrogens with zero attached hydrogens (tertiary/aromatic N) is 6. The maximum atomic E-state index is 6.12. The molecular weight excluding hydrogens is 338 g/mol. The molecule has 3 heterocycles. The van der Waals surface area contributed by atoms with Crippen LogP contribution in [-0.2, 0) is 6.54 Å². The number of hydrogen-bond acceptors (Lipinski definition) is 6. The number of fused-ring (bicyclic) bond motifs is 1. The first-order valence-corrected chi connectivity index (χ1v) is 8.93. The Morgan fingerprint density at radius 3 is 3.08 bits per heavy atom. The second kappa shape index (κ2) is 7.33. The Bertz CT molecular complexity index is 850. The van der Waals surface area contributed by atoms with E-state index in [0.29, 0.717) is 11.7 Å². The molecule has 0 bridgehead atoms. The molecular formula is C17H20ClN7. The van der Waals surface area contributed by atoms with Crippen LogP contribution in [0.25, 0.3) is 5.65 Å². The Balaban J connectivity index is 1.41. The highest BCUT2D eigenvalue weighted by atomic mass is 35.5. The van der Waals surface area contributed by atoms with Gasteiger partial charge in [-0.3, -0.25) is 4.90 Å². The van der Waals surface area contributed by atoms with Gasteiger partial charge in [0.15, 0.2) is 5.65 Å². The summed E-state index contributed by atoms with van der Waals surface area (Å²) in [6.07, 6.45) is 3.68. The lowest BCUT2D eigenvalue weighted by atomic mass is 10.0. The summed E-state index contributed by atoms with van der Waals surface area (Å²) in [4.78, 5) is 2.53. The van der Waals surface area contributed by atoms with Crippen LogP contribution in [-0.4, -0.2) is 49.3 Å². The fourth-order valence-electron chi connectivity index (χ4n) is 3.34. The molecule has 0 amide bonds. The third-order valence-electron chi connectivity index (χ3n) is 4.61. The molecule has 7 nitrogen and oxygen atoms in total. The molecule has 2 aromatic heterocycles. The van der Waals surface area contributed by atoms with Crippen LogP contribution in [0.3, 0.4) is 0 Å². The topological polar surface area (TPSA) is 71.2 Å². The van der Waals surface area contributed by atoms with E-state index in [4.69, 9.17) is 11.6 Å². The third-order valence-corrected chi connectivity index (χ3v) is 4.85. The molecule has 25 heavy (non-hydrogen) atoms. The van der Waals surface area contributed by atoms with Crippen LogP contribution in [0.5, 0.6) is 0 Å². The molecule has 8 heteroatoms. The minimum atomic E-state index is 0.471. The first-order valence-electron chi connectivity index (χ1n) is 8.56. The minimum Gasteiger partial charge on any atom is -0.367 e. The van der Waals surface area contributed by atoms with Gasteiger partial charge in [0.1, 0.15) is 5.82 Å². The molecule has 1 N–H and O–H groups in total. The summed E-state index contributed by atoms with van der Waals surface area (Å²) in [5, 5.41) is 19.9. The largest absolute Gasteiger partial charge is 0.367 e. The normalized spacial score (nSPS) is 18.5. The second-order valence-corrected chi connectivity index (χ2v) is 6.81. The summed E-state index contributed by atoms with van der Waals surface area (Å²) in [7, 11) is 0. The summed E-state index contributed by atoms with van der Waals surface area (Å²) in [5.74, 6) is 0.785. The van der Waals surface area contributed by atoms with Gasteiger partial charge in [-0.25, -0.2) is 0 Å². The van der Waals surface area contributed by atoms with Crippen molar-refractivity contribution >= 4 is 23.1 Å². The molecule has 3 aromatic rings. The molecule has 1 fully saturated rings. The summed E-state index contributed by atoms with van der Waals surface area (Å²) in [5.41, 5.74) is 1.90. The lowest BCUT2D eigenvalue weighted by Crippen LogP contribution is -2.43. The van der Waals surface area contributed by atoms with Crippen molar-refractivity contribution in [3.8, 4) is 0 Å². The summed E-state index contributed by atoms with van der Waals surface area (Å²) in [6, 6.07) is 12.4. The zero-order chi connectivity index (χ0) is 17.1. The van der Waals surface area contributed by atoms with Gasteiger partial charge >= 0.3 is 0 Å². The quantitative estimate of drug-likeness (QED) is 0.757. The number of likely N-dealkylation sites (tertiary alicyclic amines) is 1. The van der Waals surface area contributed by atoms with Crippen LogP contribution in [0.2, 0.25) is 5.02 Å². The van der Waals surface area contributed by atoms with E-state index in [1.165, 1.54) is 29.5 Å². The van der Waals surface area contributed by atoms with Crippen molar-refractivity contribution in [2.75, 3.05) is 18.4 Å². The minimum absolute atomic E-state index is 0.471. The number of piperidine rings is 1. The van der Waals surface area contributed by atoms with Crippen molar-refractivity contribution < 1.29 is 0 Å². The van der Waals surface area contributed by atoms with Crippen molar-refractivity contribution in [3.63, 3.8) is 0 Å². The zero-order valence-electron chi connectivity index (χ0n) is 13.8. The van der Waals surface area contributed by atoms with Crippen LogP contribution in [0.1, 0.15) is 24.8 Å². The van der Waals surface area contributed by atoms with Gasteiger partial charge < -0.3 is 5.32 Å². The molecule has 0 saturated carbocycles. The highest BCUT2D eigenvalue weighted by Gasteiger charge is 2.22. The number of rotatable bonds is 5. The highest BCUT2D eigenvalue weighted by Crippen LogP contribution is 2.21. The van der Waals surface area contributed by atoms with Crippen molar-refractivity contribution in [3.05, 3.63) is 47.0 Å². The Morgan fingerprint density at radius 2 is 2.16 bits per heavy atom. The van der Waals surface area contributed by atoms with Gasteiger partial charge in [0.2, 0.25) is 0 Å². The van der Waals surface area contributed by atoms with Crippen LogP contribution in [0, 0.1) is 0 Å². The lowest BCUT2D eigenvalue weighted by Gasteiger charge is -2.36. The van der Waals surface area contributed by atoms with Gasteiger partial charge in [-0.15, -0.1) is 14.8 Å². The summed E-state index contributed by atoms with van der Waals surface area (Å²) in [6.45, 7) is 2.88. The number of benzene rings is 1. The molecule has 1 aliphatic rings. The third kappa shape index (κ3) is 3.88. The van der Waals surface area contributed by atoms with Gasteiger partial charge in [0.25, 0.3) is 0 Å². The molecule has 0 radical (unpaired) electrons. The van der Waals surface area contributed by atoms with Crippen LogP contribution in [0.4, 0.5) is 5.82 Å². The molecule has 1 saturated heterocycles. The fraction of sp³-hybridized carbons (Fsp3) is 0.412. The zero-order valence-corrected chi connectivity index (χ0v) is 14.6. The van der Waals surface area contributed by atoms with E-state index in [0.717, 1.165) is 30.5 Å². The number of halogens is 1. The van der Waals surface area contributed by atoms with Gasteiger partial charge in [-0.2, -0.15) is 0 Å². The maximum absolute atomic E-state index is 6.12. The molecule has 1 aromatic carbocycles. The molecule has 0 aliphatic carbocycles. The first kappa shape index (κ1) is 16.2. The Kier molecular flexibility index (Phi) is 4.76.